The van der Waals surface area contributed by atoms with E-state index in [1.54, 1.807) is 18.2 Å². The minimum atomic E-state index is -0.135. The van der Waals surface area contributed by atoms with Gasteiger partial charge in [-0.05, 0) is 36.8 Å². The number of para-hydroxylation sites is 2. The zero-order chi connectivity index (χ0) is 15.2. The van der Waals surface area contributed by atoms with Crippen LogP contribution in [0.5, 0.6) is 5.75 Å². The molecule has 3 N–H and O–H groups in total. The van der Waals surface area contributed by atoms with Crippen LogP contribution in [0.15, 0.2) is 42.5 Å². The van der Waals surface area contributed by atoms with Gasteiger partial charge in [-0.15, -0.1) is 0 Å². The van der Waals surface area contributed by atoms with Gasteiger partial charge in [0, 0.05) is 10.7 Å². The number of carbonyl (C=O) groups excluding carboxylic acids is 1. The first kappa shape index (κ1) is 15.2. The maximum Gasteiger partial charge on any atom is 0.227 e. The molecule has 2 rings (SSSR count). The minimum absolute atomic E-state index is 0.135. The summed E-state index contributed by atoms with van der Waals surface area (Å²) in [5.41, 5.74) is 7.96. The molecule has 0 aliphatic heterocycles. The van der Waals surface area contributed by atoms with Crippen LogP contribution in [0.3, 0.4) is 0 Å². The molecule has 2 aromatic carbocycles. The summed E-state index contributed by atoms with van der Waals surface area (Å²) in [5, 5.41) is 3.40. The second-order valence-electron chi connectivity index (χ2n) is 4.65. The molecule has 21 heavy (non-hydrogen) atoms. The highest BCUT2D eigenvalue weighted by Gasteiger charge is 2.05. The van der Waals surface area contributed by atoms with E-state index in [0.29, 0.717) is 22.1 Å². The number of carbonyl (C=O) groups is 1. The van der Waals surface area contributed by atoms with Gasteiger partial charge < -0.3 is 15.8 Å². The fourth-order valence-corrected chi connectivity index (χ4v) is 1.94. The van der Waals surface area contributed by atoms with Gasteiger partial charge >= 0.3 is 0 Å². The first-order chi connectivity index (χ1) is 10.1. The van der Waals surface area contributed by atoms with Crippen molar-refractivity contribution in [3.63, 3.8) is 0 Å². The third-order valence-electron chi connectivity index (χ3n) is 2.96. The van der Waals surface area contributed by atoms with Gasteiger partial charge in [-0.1, -0.05) is 29.8 Å². The molecule has 110 valence electrons. The number of benzene rings is 2. The van der Waals surface area contributed by atoms with Crippen LogP contribution in [-0.2, 0) is 4.79 Å². The Balaban J connectivity index is 1.82. The summed E-state index contributed by atoms with van der Waals surface area (Å²) in [6, 6.07) is 12.6. The number of nitrogens with two attached hydrogens (primary N) is 1. The molecule has 0 aromatic heterocycles. The molecule has 0 heterocycles. The topological polar surface area (TPSA) is 64.3 Å². The van der Waals surface area contributed by atoms with Gasteiger partial charge in [0.05, 0.1) is 18.7 Å². The fraction of sp³-hybridized carbons (Fsp3) is 0.188. The van der Waals surface area contributed by atoms with Gasteiger partial charge in [0.15, 0.2) is 0 Å². The molecular formula is C16H17ClN2O2. The fourth-order valence-electron chi connectivity index (χ4n) is 1.76. The van der Waals surface area contributed by atoms with Crippen LogP contribution in [0.2, 0.25) is 5.02 Å². The maximum absolute atomic E-state index is 11.8. The molecule has 1 amide bonds. The SMILES string of the molecule is Cc1ccc(NC(=O)CCOc2ccccc2N)cc1Cl. The van der Waals surface area contributed by atoms with E-state index in [2.05, 4.69) is 5.32 Å². The summed E-state index contributed by atoms with van der Waals surface area (Å²) in [4.78, 5) is 11.8. The Morgan fingerprint density at radius 3 is 2.76 bits per heavy atom. The summed E-state index contributed by atoms with van der Waals surface area (Å²) < 4.78 is 5.48. The summed E-state index contributed by atoms with van der Waals surface area (Å²) >= 11 is 6.01. The predicted octanol–water partition coefficient (Wildman–Crippen LogP) is 3.64. The van der Waals surface area contributed by atoms with Gasteiger partial charge in [0.1, 0.15) is 5.75 Å². The van der Waals surface area contributed by atoms with E-state index in [-0.39, 0.29) is 18.9 Å². The summed E-state index contributed by atoms with van der Waals surface area (Å²) in [5.74, 6) is 0.452. The lowest BCUT2D eigenvalue weighted by molar-refractivity contribution is -0.116. The van der Waals surface area contributed by atoms with Crippen LogP contribution >= 0.6 is 11.6 Å². The van der Waals surface area contributed by atoms with E-state index in [0.717, 1.165) is 5.56 Å². The molecule has 0 aliphatic rings. The van der Waals surface area contributed by atoms with Crippen molar-refractivity contribution in [1.82, 2.24) is 0 Å². The van der Waals surface area contributed by atoms with Crippen molar-refractivity contribution in [3.8, 4) is 5.75 Å². The number of amides is 1. The molecule has 0 bridgehead atoms. The van der Waals surface area contributed by atoms with Crippen LogP contribution in [-0.4, -0.2) is 12.5 Å². The third kappa shape index (κ3) is 4.39. The van der Waals surface area contributed by atoms with E-state index < -0.39 is 0 Å². The second-order valence-corrected chi connectivity index (χ2v) is 5.06. The Labute approximate surface area is 128 Å². The van der Waals surface area contributed by atoms with Crippen molar-refractivity contribution in [2.75, 3.05) is 17.7 Å². The average molecular weight is 305 g/mol. The number of halogens is 1. The molecule has 4 nitrogen and oxygen atoms in total. The quantitative estimate of drug-likeness (QED) is 0.829. The smallest absolute Gasteiger partial charge is 0.227 e. The highest BCUT2D eigenvalue weighted by atomic mass is 35.5. The standard InChI is InChI=1S/C16H17ClN2O2/c1-11-6-7-12(10-13(11)17)19-16(20)8-9-21-15-5-3-2-4-14(15)18/h2-7,10H,8-9,18H2,1H3,(H,19,20). The molecule has 0 saturated carbocycles. The number of nitrogen functional groups attached to an aromatic ring is 1. The van der Waals surface area contributed by atoms with Crippen molar-refractivity contribution >= 4 is 28.9 Å². The highest BCUT2D eigenvalue weighted by Crippen LogP contribution is 2.21. The Morgan fingerprint density at radius 2 is 2.05 bits per heavy atom. The second kappa shape index (κ2) is 6.99. The van der Waals surface area contributed by atoms with Gasteiger partial charge in [-0.2, -0.15) is 0 Å². The van der Waals surface area contributed by atoms with E-state index in [1.807, 2.05) is 31.2 Å². The number of nitrogens with one attached hydrogen (secondary N) is 1. The van der Waals surface area contributed by atoms with Crippen molar-refractivity contribution in [1.29, 1.82) is 0 Å². The zero-order valence-corrected chi connectivity index (χ0v) is 12.5. The van der Waals surface area contributed by atoms with E-state index in [1.165, 1.54) is 0 Å². The first-order valence-corrected chi connectivity index (χ1v) is 6.97. The zero-order valence-electron chi connectivity index (χ0n) is 11.7. The lowest BCUT2D eigenvalue weighted by Gasteiger charge is -2.09. The molecule has 0 radical (unpaired) electrons. The monoisotopic (exact) mass is 304 g/mol. The van der Waals surface area contributed by atoms with Gasteiger partial charge in [0.25, 0.3) is 0 Å². The predicted molar refractivity (Wildman–Crippen MR) is 85.8 cm³/mol. The Hall–Kier alpha value is -2.20. The first-order valence-electron chi connectivity index (χ1n) is 6.59. The molecule has 0 atom stereocenters. The molecule has 0 fully saturated rings. The minimum Gasteiger partial charge on any atom is -0.491 e. The molecule has 0 saturated heterocycles. The molecule has 0 spiro atoms. The van der Waals surface area contributed by atoms with Gasteiger partial charge in [-0.3, -0.25) is 4.79 Å². The van der Waals surface area contributed by atoms with Crippen molar-refractivity contribution in [2.45, 2.75) is 13.3 Å². The number of rotatable bonds is 5. The molecule has 0 aliphatic carbocycles. The average Bonchev–Trinajstić information content (AvgIpc) is 2.45. The highest BCUT2D eigenvalue weighted by molar-refractivity contribution is 6.31. The van der Waals surface area contributed by atoms with E-state index >= 15 is 0 Å². The number of ether oxygens (including phenoxy) is 1. The third-order valence-corrected chi connectivity index (χ3v) is 3.37. The lowest BCUT2D eigenvalue weighted by atomic mass is 10.2. The largest absolute Gasteiger partial charge is 0.491 e. The lowest BCUT2D eigenvalue weighted by Crippen LogP contribution is -2.15. The number of aryl methyl sites for hydroxylation is 1. The van der Waals surface area contributed by atoms with Crippen LogP contribution in [0.1, 0.15) is 12.0 Å². The Kier molecular flexibility index (Phi) is 5.06. The van der Waals surface area contributed by atoms with Crippen LogP contribution < -0.4 is 15.8 Å². The molecule has 0 unspecified atom stereocenters. The molecule has 5 heteroatoms. The van der Waals surface area contributed by atoms with Crippen molar-refractivity contribution < 1.29 is 9.53 Å². The van der Waals surface area contributed by atoms with E-state index in [9.17, 15) is 4.79 Å². The Morgan fingerprint density at radius 1 is 1.29 bits per heavy atom. The summed E-state index contributed by atoms with van der Waals surface area (Å²) in [6.45, 7) is 2.17. The van der Waals surface area contributed by atoms with E-state index in [4.69, 9.17) is 22.1 Å². The Bertz CT molecular complexity index is 644. The normalized spacial score (nSPS) is 10.2. The maximum atomic E-state index is 11.8. The van der Waals surface area contributed by atoms with Crippen LogP contribution in [0.25, 0.3) is 0 Å². The van der Waals surface area contributed by atoms with Crippen LogP contribution in [0.4, 0.5) is 11.4 Å². The molecule has 2 aromatic rings. The molecular weight excluding hydrogens is 288 g/mol. The van der Waals surface area contributed by atoms with Gasteiger partial charge in [-0.25, -0.2) is 0 Å². The number of anilines is 2. The number of hydrogen-bond donors (Lipinski definition) is 2. The summed E-state index contributed by atoms with van der Waals surface area (Å²) in [6.07, 6.45) is 0.236. The number of hydrogen-bond acceptors (Lipinski definition) is 3. The summed E-state index contributed by atoms with van der Waals surface area (Å²) in [7, 11) is 0. The van der Waals surface area contributed by atoms with Crippen LogP contribution in [0, 0.1) is 6.92 Å². The van der Waals surface area contributed by atoms with Crippen molar-refractivity contribution in [3.05, 3.63) is 53.1 Å². The van der Waals surface area contributed by atoms with Crippen molar-refractivity contribution in [2.24, 2.45) is 0 Å². The van der Waals surface area contributed by atoms with Gasteiger partial charge in [0.2, 0.25) is 5.91 Å².